The van der Waals surface area contributed by atoms with Gasteiger partial charge in [0.15, 0.2) is 5.84 Å². The number of nitrogens with one attached hydrogen (secondary N) is 1. The number of oxime groups is 1. The lowest BCUT2D eigenvalue weighted by atomic mass is 10.2. The van der Waals surface area contributed by atoms with Crippen LogP contribution < -0.4 is 15.8 Å². The summed E-state index contributed by atoms with van der Waals surface area (Å²) in [4.78, 5) is 0. The third kappa shape index (κ3) is 4.13. The quantitative estimate of drug-likeness (QED) is 0.223. The van der Waals surface area contributed by atoms with E-state index in [1.807, 2.05) is 12.1 Å². The van der Waals surface area contributed by atoms with Crippen molar-refractivity contribution in [1.82, 2.24) is 5.32 Å². The molecule has 0 heterocycles. The zero-order valence-electron chi connectivity index (χ0n) is 11.9. The SMILES string of the molecule is CCCC1CC1NCCOc1ccc(/C(N)=N/O)cc1. The molecule has 110 valence electrons. The molecule has 1 fully saturated rings. The Morgan fingerprint density at radius 2 is 2.20 bits per heavy atom. The van der Waals surface area contributed by atoms with Gasteiger partial charge in [0.25, 0.3) is 0 Å². The van der Waals surface area contributed by atoms with E-state index in [1.165, 1.54) is 19.3 Å². The van der Waals surface area contributed by atoms with E-state index in [0.717, 1.165) is 18.2 Å². The van der Waals surface area contributed by atoms with Crippen LogP contribution in [-0.2, 0) is 0 Å². The smallest absolute Gasteiger partial charge is 0.170 e. The molecule has 2 unspecified atom stereocenters. The van der Waals surface area contributed by atoms with Gasteiger partial charge >= 0.3 is 0 Å². The lowest BCUT2D eigenvalue weighted by Gasteiger charge is -2.08. The number of nitrogens with zero attached hydrogens (tertiary/aromatic N) is 1. The van der Waals surface area contributed by atoms with Crippen molar-refractivity contribution in [1.29, 1.82) is 0 Å². The zero-order valence-corrected chi connectivity index (χ0v) is 11.9. The van der Waals surface area contributed by atoms with Gasteiger partial charge in [-0.2, -0.15) is 0 Å². The molecule has 1 aliphatic rings. The Bertz CT molecular complexity index is 445. The molecule has 20 heavy (non-hydrogen) atoms. The first-order chi connectivity index (χ1) is 9.74. The van der Waals surface area contributed by atoms with Crippen LogP contribution in [0.2, 0.25) is 0 Å². The molecule has 0 radical (unpaired) electrons. The number of hydrogen-bond donors (Lipinski definition) is 3. The van der Waals surface area contributed by atoms with Crippen LogP contribution >= 0.6 is 0 Å². The number of ether oxygens (including phenoxy) is 1. The summed E-state index contributed by atoms with van der Waals surface area (Å²) in [6.07, 6.45) is 3.90. The van der Waals surface area contributed by atoms with E-state index in [1.54, 1.807) is 12.1 Å². The lowest BCUT2D eigenvalue weighted by Crippen LogP contribution is -2.24. The Morgan fingerprint density at radius 1 is 1.45 bits per heavy atom. The highest BCUT2D eigenvalue weighted by atomic mass is 16.5. The molecule has 4 N–H and O–H groups in total. The van der Waals surface area contributed by atoms with Crippen molar-refractivity contribution in [3.8, 4) is 5.75 Å². The highest BCUT2D eigenvalue weighted by Crippen LogP contribution is 2.34. The Balaban J connectivity index is 1.65. The van der Waals surface area contributed by atoms with Crippen LogP contribution in [0.1, 0.15) is 31.7 Å². The average Bonchev–Trinajstić information content (AvgIpc) is 3.22. The summed E-state index contributed by atoms with van der Waals surface area (Å²) >= 11 is 0. The maximum Gasteiger partial charge on any atom is 0.170 e. The third-order valence-electron chi connectivity index (χ3n) is 3.62. The molecular weight excluding hydrogens is 254 g/mol. The first-order valence-electron chi connectivity index (χ1n) is 7.18. The molecule has 1 aliphatic carbocycles. The van der Waals surface area contributed by atoms with Crippen molar-refractivity contribution < 1.29 is 9.94 Å². The van der Waals surface area contributed by atoms with Crippen molar-refractivity contribution >= 4 is 5.84 Å². The minimum absolute atomic E-state index is 0.105. The Hall–Kier alpha value is -1.75. The number of amidine groups is 1. The van der Waals surface area contributed by atoms with Crippen molar-refractivity contribution in [2.24, 2.45) is 16.8 Å². The van der Waals surface area contributed by atoms with Gasteiger partial charge in [-0.15, -0.1) is 0 Å². The molecule has 5 heteroatoms. The summed E-state index contributed by atoms with van der Waals surface area (Å²) in [5, 5.41) is 15.0. The summed E-state index contributed by atoms with van der Waals surface area (Å²) in [7, 11) is 0. The largest absolute Gasteiger partial charge is 0.492 e. The predicted molar refractivity (Wildman–Crippen MR) is 79.3 cm³/mol. The van der Waals surface area contributed by atoms with Crippen LogP contribution in [0, 0.1) is 5.92 Å². The van der Waals surface area contributed by atoms with E-state index in [4.69, 9.17) is 15.7 Å². The number of rotatable bonds is 8. The van der Waals surface area contributed by atoms with Crippen molar-refractivity contribution in [3.05, 3.63) is 29.8 Å². The standard InChI is InChI=1S/C15H23N3O2/c1-2-3-12-10-14(12)17-8-9-20-13-6-4-11(5-7-13)15(16)18-19/h4-7,12,14,17,19H,2-3,8-10H2,1H3,(H2,16,18). The van der Waals surface area contributed by atoms with Crippen LogP contribution in [0.15, 0.2) is 29.4 Å². The second-order valence-corrected chi connectivity index (χ2v) is 5.20. The topological polar surface area (TPSA) is 79.9 Å². The molecule has 0 aliphatic heterocycles. The van der Waals surface area contributed by atoms with Gasteiger partial charge in [0.05, 0.1) is 0 Å². The maximum absolute atomic E-state index is 8.57. The van der Waals surface area contributed by atoms with E-state index in [0.29, 0.717) is 18.2 Å². The van der Waals surface area contributed by atoms with Gasteiger partial charge in [0, 0.05) is 18.2 Å². The van der Waals surface area contributed by atoms with Crippen molar-refractivity contribution in [3.63, 3.8) is 0 Å². The molecule has 0 spiro atoms. The fourth-order valence-electron chi connectivity index (χ4n) is 2.38. The van der Waals surface area contributed by atoms with Gasteiger partial charge < -0.3 is 21.0 Å². The molecular formula is C15H23N3O2. The number of nitrogens with two attached hydrogens (primary N) is 1. The molecule has 1 aromatic carbocycles. The summed E-state index contributed by atoms with van der Waals surface area (Å²) in [5.74, 6) is 1.77. The minimum atomic E-state index is 0.105. The highest BCUT2D eigenvalue weighted by molar-refractivity contribution is 5.97. The van der Waals surface area contributed by atoms with Crippen molar-refractivity contribution in [2.45, 2.75) is 32.2 Å². The van der Waals surface area contributed by atoms with Crippen LogP contribution in [0.3, 0.4) is 0 Å². The Labute approximate surface area is 119 Å². The van der Waals surface area contributed by atoms with Crippen molar-refractivity contribution in [2.75, 3.05) is 13.2 Å². The summed E-state index contributed by atoms with van der Waals surface area (Å²) in [5.41, 5.74) is 6.17. The summed E-state index contributed by atoms with van der Waals surface area (Å²) in [6.45, 7) is 3.75. The van der Waals surface area contributed by atoms with Gasteiger partial charge in [-0.1, -0.05) is 18.5 Å². The third-order valence-corrected chi connectivity index (χ3v) is 3.62. The molecule has 1 saturated carbocycles. The normalized spacial score (nSPS) is 21.8. The monoisotopic (exact) mass is 277 g/mol. The second kappa shape index (κ2) is 7.14. The molecule has 0 aromatic heterocycles. The second-order valence-electron chi connectivity index (χ2n) is 5.20. The van der Waals surface area contributed by atoms with Gasteiger partial charge in [-0.3, -0.25) is 0 Å². The van der Waals surface area contributed by atoms with Gasteiger partial charge in [0.1, 0.15) is 12.4 Å². The molecule has 2 atom stereocenters. The van der Waals surface area contributed by atoms with E-state index < -0.39 is 0 Å². The van der Waals surface area contributed by atoms with Crippen LogP contribution in [-0.4, -0.2) is 30.2 Å². The van der Waals surface area contributed by atoms with Crippen LogP contribution in [0.25, 0.3) is 0 Å². The lowest BCUT2D eigenvalue weighted by molar-refractivity contribution is 0.312. The summed E-state index contributed by atoms with van der Waals surface area (Å²) in [6, 6.07) is 7.89. The first-order valence-corrected chi connectivity index (χ1v) is 7.18. The zero-order chi connectivity index (χ0) is 14.4. The van der Waals surface area contributed by atoms with E-state index in [-0.39, 0.29) is 5.84 Å². The molecule has 0 amide bonds. The fraction of sp³-hybridized carbons (Fsp3) is 0.533. The molecule has 0 bridgehead atoms. The highest BCUT2D eigenvalue weighted by Gasteiger charge is 2.34. The Kier molecular flexibility index (Phi) is 5.24. The van der Waals surface area contributed by atoms with Gasteiger partial charge in [0.2, 0.25) is 0 Å². The van der Waals surface area contributed by atoms with Gasteiger partial charge in [-0.25, -0.2) is 0 Å². The molecule has 0 saturated heterocycles. The van der Waals surface area contributed by atoms with Crippen LogP contribution in [0.5, 0.6) is 5.75 Å². The van der Waals surface area contributed by atoms with Crippen LogP contribution in [0.4, 0.5) is 0 Å². The van der Waals surface area contributed by atoms with E-state index in [9.17, 15) is 0 Å². The predicted octanol–water partition coefficient (Wildman–Crippen LogP) is 1.94. The van der Waals surface area contributed by atoms with E-state index >= 15 is 0 Å². The number of benzene rings is 1. The van der Waals surface area contributed by atoms with Gasteiger partial charge in [-0.05, 0) is 43.0 Å². The first kappa shape index (κ1) is 14.7. The van der Waals surface area contributed by atoms with E-state index in [2.05, 4.69) is 17.4 Å². The summed E-state index contributed by atoms with van der Waals surface area (Å²) < 4.78 is 5.64. The maximum atomic E-state index is 8.57. The average molecular weight is 277 g/mol. The molecule has 2 rings (SSSR count). The molecule has 1 aromatic rings. The fourth-order valence-corrected chi connectivity index (χ4v) is 2.38. The minimum Gasteiger partial charge on any atom is -0.492 e. The molecule has 5 nitrogen and oxygen atoms in total. The number of hydrogen-bond acceptors (Lipinski definition) is 4. The Morgan fingerprint density at radius 3 is 2.85 bits per heavy atom.